The van der Waals surface area contributed by atoms with Gasteiger partial charge in [-0.05, 0) is 22.8 Å². The third kappa shape index (κ3) is 3.00. The van der Waals surface area contributed by atoms with E-state index in [2.05, 4.69) is 9.46 Å². The number of benzene rings is 1. The zero-order valence-electron chi connectivity index (χ0n) is 10.6. The Bertz CT molecular complexity index is 610. The minimum absolute atomic E-state index is 0.301. The summed E-state index contributed by atoms with van der Waals surface area (Å²) in [6.07, 6.45) is 0. The van der Waals surface area contributed by atoms with Crippen LogP contribution in [0.3, 0.4) is 0 Å². The number of rotatable bonds is 2. The van der Waals surface area contributed by atoms with Gasteiger partial charge in [0, 0.05) is 30.1 Å². The maximum absolute atomic E-state index is 13.7. The summed E-state index contributed by atoms with van der Waals surface area (Å²) in [5, 5.41) is 3.74. The largest absolute Gasteiger partial charge is 0.379 e. The minimum Gasteiger partial charge on any atom is -0.379 e. The molecule has 0 N–H and O–H groups in total. The average Bonchev–Trinajstić information content (AvgIpc) is 2.88. The second kappa shape index (κ2) is 5.90. The van der Waals surface area contributed by atoms with Crippen LogP contribution in [0.1, 0.15) is 5.56 Å². The average molecular weight is 297 g/mol. The number of ether oxygens (including phenoxy) is 1. The van der Waals surface area contributed by atoms with E-state index in [1.165, 1.54) is 12.1 Å². The van der Waals surface area contributed by atoms with Crippen LogP contribution in [-0.2, 0) is 15.4 Å². The van der Waals surface area contributed by atoms with E-state index in [-0.39, 0.29) is 0 Å². The van der Waals surface area contributed by atoms with Crippen molar-refractivity contribution in [2.45, 2.75) is 0 Å². The van der Waals surface area contributed by atoms with Crippen molar-refractivity contribution in [3.63, 3.8) is 0 Å². The molecule has 0 bridgehead atoms. The van der Waals surface area contributed by atoms with Gasteiger partial charge < -0.3 is 4.74 Å². The molecule has 4 nitrogen and oxygen atoms in total. The number of hydrogen-bond donors (Lipinski definition) is 0. The van der Waals surface area contributed by atoms with Gasteiger partial charge in [0.2, 0.25) is 0 Å². The molecular formula is C13H13F2N3OS. The smallest absolute Gasteiger partial charge is 0.135 e. The highest BCUT2D eigenvalue weighted by molar-refractivity contribution is 8.03. The summed E-state index contributed by atoms with van der Waals surface area (Å²) in [6.45, 7) is 2.85. The molecule has 20 heavy (non-hydrogen) atoms. The SMILES string of the molecule is Fc1ccc(C2=CS(=NN3CCOCC3)C=N2)c(F)c1. The summed E-state index contributed by atoms with van der Waals surface area (Å²) >= 11 is 0. The lowest BCUT2D eigenvalue weighted by Crippen LogP contribution is -2.32. The molecule has 1 fully saturated rings. The Kier molecular flexibility index (Phi) is 4.00. The van der Waals surface area contributed by atoms with Gasteiger partial charge in [-0.1, -0.05) is 0 Å². The van der Waals surface area contributed by atoms with Crippen LogP contribution in [0.15, 0.2) is 33.1 Å². The first kappa shape index (κ1) is 13.5. The molecule has 0 amide bonds. The highest BCUT2D eigenvalue weighted by atomic mass is 32.2. The van der Waals surface area contributed by atoms with Gasteiger partial charge in [0.05, 0.1) is 24.5 Å². The Morgan fingerprint density at radius 2 is 2.05 bits per heavy atom. The quantitative estimate of drug-likeness (QED) is 0.840. The van der Waals surface area contributed by atoms with Gasteiger partial charge in [0.1, 0.15) is 11.6 Å². The third-order valence-corrected chi connectivity index (χ3v) is 4.14. The van der Waals surface area contributed by atoms with E-state index < -0.39 is 22.3 Å². The Balaban J connectivity index is 1.81. The summed E-state index contributed by atoms with van der Waals surface area (Å²) in [7, 11) is -0.488. The van der Waals surface area contributed by atoms with Crippen LogP contribution in [0, 0.1) is 11.6 Å². The van der Waals surface area contributed by atoms with E-state index in [0.29, 0.717) is 24.5 Å². The fraction of sp³-hybridized carbons (Fsp3) is 0.308. The first-order chi connectivity index (χ1) is 9.72. The standard InChI is InChI=1S/C13H13F2N3OS/c14-10-1-2-11(12(15)7-10)13-8-20(9-16-13)17-18-3-5-19-6-4-18/h1-2,7-9H,3-6H2. The van der Waals surface area contributed by atoms with E-state index in [4.69, 9.17) is 4.74 Å². The molecule has 0 aliphatic carbocycles. The van der Waals surface area contributed by atoms with E-state index in [1.54, 1.807) is 11.0 Å². The van der Waals surface area contributed by atoms with E-state index in [9.17, 15) is 8.78 Å². The maximum atomic E-state index is 13.7. The van der Waals surface area contributed by atoms with Gasteiger partial charge in [-0.25, -0.2) is 13.8 Å². The highest BCUT2D eigenvalue weighted by Gasteiger charge is 2.14. The predicted molar refractivity (Wildman–Crippen MR) is 75.0 cm³/mol. The first-order valence-corrected chi connectivity index (χ1v) is 7.51. The third-order valence-electron chi connectivity index (χ3n) is 2.94. The van der Waals surface area contributed by atoms with Gasteiger partial charge in [0.25, 0.3) is 0 Å². The predicted octanol–water partition coefficient (Wildman–Crippen LogP) is 2.35. The van der Waals surface area contributed by atoms with Crippen LogP contribution in [0.2, 0.25) is 0 Å². The zero-order valence-corrected chi connectivity index (χ0v) is 11.4. The summed E-state index contributed by atoms with van der Waals surface area (Å²) in [5.41, 5.74) is 2.49. The monoisotopic (exact) mass is 297 g/mol. The number of nitrogens with zero attached hydrogens (tertiary/aromatic N) is 3. The number of morpholine rings is 1. The van der Waals surface area contributed by atoms with Crippen molar-refractivity contribution >= 4 is 21.9 Å². The molecule has 2 aliphatic rings. The molecule has 0 saturated carbocycles. The van der Waals surface area contributed by atoms with Gasteiger partial charge in [-0.3, -0.25) is 0 Å². The Labute approximate surface area is 117 Å². The summed E-state index contributed by atoms with van der Waals surface area (Å²) in [6, 6.07) is 3.49. The second-order valence-electron chi connectivity index (χ2n) is 4.36. The Morgan fingerprint density at radius 3 is 2.80 bits per heavy atom. The van der Waals surface area contributed by atoms with Crippen LogP contribution >= 0.6 is 0 Å². The van der Waals surface area contributed by atoms with Crippen LogP contribution in [0.25, 0.3) is 5.70 Å². The lowest BCUT2D eigenvalue weighted by molar-refractivity contribution is 0.0407. The number of aliphatic imine (C=N–C) groups is 1. The fourth-order valence-corrected chi connectivity index (χ4v) is 3.15. The summed E-state index contributed by atoms with van der Waals surface area (Å²) < 4.78 is 36.3. The second-order valence-corrected chi connectivity index (χ2v) is 5.66. The van der Waals surface area contributed by atoms with Gasteiger partial charge in [0.15, 0.2) is 0 Å². The Morgan fingerprint density at radius 1 is 1.25 bits per heavy atom. The van der Waals surface area contributed by atoms with Crippen molar-refractivity contribution in [1.29, 1.82) is 0 Å². The van der Waals surface area contributed by atoms with Crippen LogP contribution in [0.4, 0.5) is 8.78 Å². The Hall–Kier alpha value is -1.44. The van der Waals surface area contributed by atoms with Crippen molar-refractivity contribution in [2.24, 2.45) is 9.46 Å². The van der Waals surface area contributed by atoms with Crippen LogP contribution in [-0.4, -0.2) is 36.9 Å². The molecule has 1 atom stereocenters. The molecule has 1 aromatic rings. The summed E-state index contributed by atoms with van der Waals surface area (Å²) in [5.74, 6) is -1.20. The van der Waals surface area contributed by atoms with Crippen molar-refractivity contribution in [2.75, 3.05) is 26.3 Å². The zero-order chi connectivity index (χ0) is 13.9. The molecule has 106 valence electrons. The van der Waals surface area contributed by atoms with E-state index in [0.717, 1.165) is 19.2 Å². The van der Waals surface area contributed by atoms with Gasteiger partial charge in [-0.2, -0.15) is 9.48 Å². The maximum Gasteiger partial charge on any atom is 0.135 e. The van der Waals surface area contributed by atoms with Crippen molar-refractivity contribution in [1.82, 2.24) is 5.01 Å². The number of halogens is 2. The first-order valence-electron chi connectivity index (χ1n) is 6.20. The van der Waals surface area contributed by atoms with Gasteiger partial charge in [-0.15, -0.1) is 0 Å². The molecule has 3 rings (SSSR count). The lowest BCUT2D eigenvalue weighted by atomic mass is 10.1. The molecule has 7 heteroatoms. The molecule has 0 aromatic heterocycles. The van der Waals surface area contributed by atoms with Crippen LogP contribution in [0.5, 0.6) is 0 Å². The molecule has 0 radical (unpaired) electrons. The molecule has 1 saturated heterocycles. The minimum atomic E-state index is -0.606. The highest BCUT2D eigenvalue weighted by Crippen LogP contribution is 2.24. The van der Waals surface area contributed by atoms with E-state index >= 15 is 0 Å². The molecule has 1 aromatic carbocycles. The van der Waals surface area contributed by atoms with Crippen molar-refractivity contribution < 1.29 is 13.5 Å². The van der Waals surface area contributed by atoms with Crippen molar-refractivity contribution in [3.8, 4) is 0 Å². The topological polar surface area (TPSA) is 37.2 Å². The molecule has 2 aliphatic heterocycles. The summed E-state index contributed by atoms with van der Waals surface area (Å²) in [4.78, 5) is 4.18. The normalized spacial score (nSPS) is 23.3. The van der Waals surface area contributed by atoms with Crippen molar-refractivity contribution in [3.05, 3.63) is 40.8 Å². The molecule has 2 heterocycles. The fourth-order valence-electron chi connectivity index (χ4n) is 1.93. The molecule has 0 spiro atoms. The molecule has 1 unspecified atom stereocenters. The number of hydrogen-bond acceptors (Lipinski definition) is 3. The molecular weight excluding hydrogens is 284 g/mol. The van der Waals surface area contributed by atoms with Crippen LogP contribution < -0.4 is 0 Å². The van der Waals surface area contributed by atoms with E-state index in [1.807, 2.05) is 5.01 Å². The van der Waals surface area contributed by atoms with Gasteiger partial charge >= 0.3 is 0 Å². The lowest BCUT2D eigenvalue weighted by Gasteiger charge is -2.21.